The second kappa shape index (κ2) is 6.68. The summed E-state index contributed by atoms with van der Waals surface area (Å²) in [5, 5.41) is 27.1. The molecule has 0 saturated carbocycles. The zero-order valence-electron chi connectivity index (χ0n) is 11.2. The fourth-order valence-corrected chi connectivity index (χ4v) is 1.56. The molecule has 22 heavy (non-hydrogen) atoms. The normalized spacial score (nSPS) is 13.0. The van der Waals surface area contributed by atoms with E-state index in [1.165, 1.54) is 24.3 Å². The van der Waals surface area contributed by atoms with Crippen molar-refractivity contribution in [2.75, 3.05) is 0 Å². The van der Waals surface area contributed by atoms with Crippen LogP contribution in [0.2, 0.25) is 0 Å². The van der Waals surface area contributed by atoms with Crippen molar-refractivity contribution in [2.24, 2.45) is 5.73 Å². The monoisotopic (exact) mass is 311 g/mol. The van der Waals surface area contributed by atoms with E-state index in [9.17, 15) is 24.3 Å². The highest BCUT2D eigenvalue weighted by Crippen LogP contribution is 2.19. The Morgan fingerprint density at radius 2 is 1.59 bits per heavy atom. The molecular weight excluding hydrogens is 298 g/mol. The Kier molecular flexibility index (Phi) is 5.19. The van der Waals surface area contributed by atoms with Crippen molar-refractivity contribution in [1.82, 2.24) is 0 Å². The van der Waals surface area contributed by atoms with Crippen LogP contribution >= 0.6 is 0 Å². The Labute approximate surface area is 123 Å². The molecule has 1 atom stereocenters. The lowest BCUT2D eigenvalue weighted by Gasteiger charge is -2.20. The number of esters is 1. The summed E-state index contributed by atoms with van der Waals surface area (Å²) in [6.07, 6.45) is -2.20. The smallest absolute Gasteiger partial charge is 0.336 e. The standard InChI is InChI=1S/C13H13NO8/c14-11(18)7-1-3-8(4-2-7)22-10(17)6-13(21,12(19)20)5-9(15)16/h1-4,21H,5-6H2,(H2,14,18)(H,15,16)(H,19,20). The summed E-state index contributed by atoms with van der Waals surface area (Å²) in [6, 6.07) is 5.06. The average molecular weight is 311 g/mol. The summed E-state index contributed by atoms with van der Waals surface area (Å²) in [6.45, 7) is 0. The second-order valence-corrected chi connectivity index (χ2v) is 4.45. The third kappa shape index (κ3) is 4.56. The third-order valence-electron chi connectivity index (χ3n) is 2.65. The molecule has 9 heteroatoms. The Bertz CT molecular complexity index is 609. The van der Waals surface area contributed by atoms with Crippen molar-refractivity contribution >= 4 is 23.8 Å². The Morgan fingerprint density at radius 1 is 1.05 bits per heavy atom. The number of primary amides is 1. The first-order chi connectivity index (χ1) is 10.1. The molecule has 0 aromatic heterocycles. The van der Waals surface area contributed by atoms with Crippen LogP contribution < -0.4 is 10.5 Å². The second-order valence-electron chi connectivity index (χ2n) is 4.45. The van der Waals surface area contributed by atoms with Crippen molar-refractivity contribution < 1.29 is 39.2 Å². The van der Waals surface area contributed by atoms with Crippen molar-refractivity contribution in [3.63, 3.8) is 0 Å². The van der Waals surface area contributed by atoms with Gasteiger partial charge in [-0.15, -0.1) is 0 Å². The molecule has 9 nitrogen and oxygen atoms in total. The van der Waals surface area contributed by atoms with Crippen LogP contribution in [-0.2, 0) is 14.4 Å². The largest absolute Gasteiger partial charge is 0.481 e. The van der Waals surface area contributed by atoms with Gasteiger partial charge in [-0.1, -0.05) is 0 Å². The summed E-state index contributed by atoms with van der Waals surface area (Å²) in [7, 11) is 0. The number of aliphatic carboxylic acids is 2. The number of amides is 1. The van der Waals surface area contributed by atoms with Gasteiger partial charge in [0.25, 0.3) is 0 Å². The van der Waals surface area contributed by atoms with Gasteiger partial charge in [0.2, 0.25) is 5.91 Å². The lowest BCUT2D eigenvalue weighted by Crippen LogP contribution is -2.43. The van der Waals surface area contributed by atoms with E-state index in [1.54, 1.807) is 0 Å². The lowest BCUT2D eigenvalue weighted by molar-refractivity contribution is -0.169. The summed E-state index contributed by atoms with van der Waals surface area (Å²) >= 11 is 0. The number of nitrogens with two attached hydrogens (primary N) is 1. The zero-order valence-corrected chi connectivity index (χ0v) is 11.2. The van der Waals surface area contributed by atoms with Gasteiger partial charge in [-0.05, 0) is 24.3 Å². The number of hydrogen-bond donors (Lipinski definition) is 4. The number of carboxylic acid groups (broad SMARTS) is 2. The Morgan fingerprint density at radius 3 is 2.00 bits per heavy atom. The molecule has 1 amide bonds. The van der Waals surface area contributed by atoms with E-state index in [0.717, 1.165) is 0 Å². The van der Waals surface area contributed by atoms with Gasteiger partial charge in [0.05, 0.1) is 12.8 Å². The number of aliphatic hydroxyl groups is 1. The fourth-order valence-electron chi connectivity index (χ4n) is 1.56. The summed E-state index contributed by atoms with van der Waals surface area (Å²) in [5.74, 6) is -5.27. The van der Waals surface area contributed by atoms with Crippen LogP contribution in [0, 0.1) is 0 Å². The molecule has 118 valence electrons. The van der Waals surface area contributed by atoms with Gasteiger partial charge in [-0.2, -0.15) is 0 Å². The SMILES string of the molecule is NC(=O)c1ccc(OC(=O)CC(O)(CC(=O)O)C(=O)O)cc1. The molecule has 0 spiro atoms. The van der Waals surface area contributed by atoms with E-state index in [4.69, 9.17) is 20.7 Å². The quantitative estimate of drug-likeness (QED) is 0.382. The van der Waals surface area contributed by atoms with Crippen molar-refractivity contribution in [1.29, 1.82) is 0 Å². The number of ether oxygens (including phenoxy) is 1. The summed E-state index contributed by atoms with van der Waals surface area (Å²) < 4.78 is 4.77. The molecule has 0 fully saturated rings. The van der Waals surface area contributed by atoms with Crippen LogP contribution in [0.3, 0.4) is 0 Å². The molecule has 0 heterocycles. The van der Waals surface area contributed by atoms with Gasteiger partial charge in [0.1, 0.15) is 5.75 Å². The van der Waals surface area contributed by atoms with Gasteiger partial charge in [0, 0.05) is 5.56 Å². The van der Waals surface area contributed by atoms with E-state index in [2.05, 4.69) is 0 Å². The molecule has 1 unspecified atom stereocenters. The molecule has 0 aliphatic heterocycles. The first-order valence-corrected chi connectivity index (χ1v) is 5.92. The van der Waals surface area contributed by atoms with Crippen molar-refractivity contribution in [3.8, 4) is 5.75 Å². The van der Waals surface area contributed by atoms with E-state index < -0.39 is 42.3 Å². The van der Waals surface area contributed by atoms with Crippen LogP contribution in [-0.4, -0.2) is 44.7 Å². The number of rotatable bonds is 7. The number of benzene rings is 1. The minimum absolute atomic E-state index is 0.0157. The number of carboxylic acids is 2. The molecular formula is C13H13NO8. The van der Waals surface area contributed by atoms with E-state index in [-0.39, 0.29) is 11.3 Å². The van der Waals surface area contributed by atoms with Crippen LogP contribution in [0.5, 0.6) is 5.75 Å². The number of carbonyl (C=O) groups excluding carboxylic acids is 2. The number of carbonyl (C=O) groups is 4. The van der Waals surface area contributed by atoms with Gasteiger partial charge in [-0.3, -0.25) is 14.4 Å². The molecule has 0 bridgehead atoms. The lowest BCUT2D eigenvalue weighted by atomic mass is 9.96. The van der Waals surface area contributed by atoms with Crippen LogP contribution in [0.25, 0.3) is 0 Å². The molecule has 0 aliphatic carbocycles. The molecule has 1 aromatic rings. The maximum Gasteiger partial charge on any atom is 0.336 e. The molecule has 1 aromatic carbocycles. The van der Waals surface area contributed by atoms with Crippen molar-refractivity contribution in [2.45, 2.75) is 18.4 Å². The van der Waals surface area contributed by atoms with E-state index in [1.807, 2.05) is 0 Å². The van der Waals surface area contributed by atoms with Gasteiger partial charge >= 0.3 is 17.9 Å². The predicted molar refractivity (Wildman–Crippen MR) is 70.1 cm³/mol. The molecule has 5 N–H and O–H groups in total. The minimum Gasteiger partial charge on any atom is -0.481 e. The highest BCUT2D eigenvalue weighted by atomic mass is 16.5. The summed E-state index contributed by atoms with van der Waals surface area (Å²) in [4.78, 5) is 43.9. The van der Waals surface area contributed by atoms with Gasteiger partial charge in [-0.25, -0.2) is 4.79 Å². The molecule has 0 saturated heterocycles. The topological polar surface area (TPSA) is 164 Å². The predicted octanol–water partition coefficient (Wildman–Crippen LogP) is -0.629. The number of hydrogen-bond acceptors (Lipinski definition) is 6. The Hall–Kier alpha value is -2.94. The summed E-state index contributed by atoms with van der Waals surface area (Å²) in [5.41, 5.74) is 2.43. The first-order valence-electron chi connectivity index (χ1n) is 5.92. The highest BCUT2D eigenvalue weighted by Gasteiger charge is 2.41. The van der Waals surface area contributed by atoms with E-state index in [0.29, 0.717) is 0 Å². The molecule has 1 rings (SSSR count). The van der Waals surface area contributed by atoms with Crippen LogP contribution in [0.4, 0.5) is 0 Å². The zero-order chi connectivity index (χ0) is 16.9. The van der Waals surface area contributed by atoms with Gasteiger partial charge in [0.15, 0.2) is 5.60 Å². The fraction of sp³-hybridized carbons (Fsp3) is 0.231. The van der Waals surface area contributed by atoms with Crippen LogP contribution in [0.15, 0.2) is 24.3 Å². The van der Waals surface area contributed by atoms with E-state index >= 15 is 0 Å². The van der Waals surface area contributed by atoms with Gasteiger partial charge < -0.3 is 25.8 Å². The maximum atomic E-state index is 11.6. The van der Waals surface area contributed by atoms with Crippen LogP contribution in [0.1, 0.15) is 23.2 Å². The average Bonchev–Trinajstić information content (AvgIpc) is 2.37. The minimum atomic E-state index is -2.77. The maximum absolute atomic E-state index is 11.6. The Balaban J connectivity index is 2.77. The third-order valence-corrected chi connectivity index (χ3v) is 2.65. The first kappa shape index (κ1) is 17.1. The molecule has 0 radical (unpaired) electrons. The van der Waals surface area contributed by atoms with Crippen molar-refractivity contribution in [3.05, 3.63) is 29.8 Å². The highest BCUT2D eigenvalue weighted by molar-refractivity contribution is 5.93. The molecule has 0 aliphatic rings.